The number of benzene rings is 1. The van der Waals surface area contributed by atoms with Crippen LogP contribution in [0.5, 0.6) is 0 Å². The van der Waals surface area contributed by atoms with Crippen LogP contribution in [-0.2, 0) is 16.0 Å². The number of rotatable bonds is 4. The molecule has 1 aromatic rings. The van der Waals surface area contributed by atoms with Crippen LogP contribution in [0.15, 0.2) is 18.2 Å². The highest BCUT2D eigenvalue weighted by molar-refractivity contribution is 5.96. The zero-order valence-electron chi connectivity index (χ0n) is 13.9. The molecule has 7 nitrogen and oxygen atoms in total. The predicted molar refractivity (Wildman–Crippen MR) is 90.2 cm³/mol. The van der Waals surface area contributed by atoms with E-state index < -0.39 is 0 Å². The minimum Gasteiger partial charge on any atom is -0.378 e. The zero-order valence-corrected chi connectivity index (χ0v) is 13.9. The molecule has 0 bridgehead atoms. The Hall–Kier alpha value is -1.99. The van der Waals surface area contributed by atoms with Gasteiger partial charge in [0, 0.05) is 37.0 Å². The summed E-state index contributed by atoms with van der Waals surface area (Å²) in [5.41, 5.74) is 1.79. The number of nitrogens with zero attached hydrogens (tertiary/aromatic N) is 3. The quantitative estimate of drug-likeness (QED) is 0.622. The first-order chi connectivity index (χ1) is 11.6. The van der Waals surface area contributed by atoms with Gasteiger partial charge in [0.1, 0.15) is 0 Å². The number of amides is 1. The van der Waals surface area contributed by atoms with E-state index in [4.69, 9.17) is 4.74 Å². The van der Waals surface area contributed by atoms with Crippen molar-refractivity contribution in [3.05, 3.63) is 33.9 Å². The second kappa shape index (κ2) is 7.27. The van der Waals surface area contributed by atoms with Gasteiger partial charge in [-0.2, -0.15) is 0 Å². The molecule has 2 heterocycles. The van der Waals surface area contributed by atoms with Crippen LogP contribution in [0.4, 0.5) is 11.4 Å². The van der Waals surface area contributed by atoms with Gasteiger partial charge in [0.2, 0.25) is 5.91 Å². The molecular weight excluding hydrogens is 310 g/mol. The molecule has 1 amide bonds. The van der Waals surface area contributed by atoms with E-state index in [1.54, 1.807) is 17.0 Å². The summed E-state index contributed by atoms with van der Waals surface area (Å²) in [6.45, 7) is 5.25. The number of anilines is 1. The highest BCUT2D eigenvalue weighted by Gasteiger charge is 2.28. The van der Waals surface area contributed by atoms with Crippen molar-refractivity contribution in [3.63, 3.8) is 0 Å². The molecule has 2 aliphatic rings. The lowest BCUT2D eigenvalue weighted by Crippen LogP contribution is -2.50. The molecule has 0 aromatic heterocycles. The molecule has 24 heavy (non-hydrogen) atoms. The van der Waals surface area contributed by atoms with E-state index >= 15 is 0 Å². The fourth-order valence-corrected chi connectivity index (χ4v) is 3.49. The van der Waals surface area contributed by atoms with Gasteiger partial charge in [0.05, 0.1) is 24.7 Å². The number of fused-ring (bicyclic) bond motifs is 1. The Balaban J connectivity index is 1.76. The first kappa shape index (κ1) is 16.9. The Bertz CT molecular complexity index is 634. The number of aryl methyl sites for hydroxylation is 1. The Labute approximate surface area is 141 Å². The van der Waals surface area contributed by atoms with Crippen LogP contribution in [0.2, 0.25) is 0 Å². The number of morpholine rings is 1. The maximum absolute atomic E-state index is 12.8. The zero-order chi connectivity index (χ0) is 17.1. The molecule has 1 saturated heterocycles. The van der Waals surface area contributed by atoms with Crippen molar-refractivity contribution in [3.8, 4) is 0 Å². The third-order valence-corrected chi connectivity index (χ3v) is 4.85. The number of hydrogen-bond acceptors (Lipinski definition) is 5. The molecule has 0 radical (unpaired) electrons. The van der Waals surface area contributed by atoms with Gasteiger partial charge in [0.15, 0.2) is 0 Å². The summed E-state index contributed by atoms with van der Waals surface area (Å²) in [6.07, 6.45) is 2.56. The lowest BCUT2D eigenvalue weighted by Gasteiger charge is -2.37. The second-order valence-corrected chi connectivity index (χ2v) is 6.33. The Kier molecular flexibility index (Phi) is 5.11. The molecule has 1 fully saturated rings. The van der Waals surface area contributed by atoms with Crippen molar-refractivity contribution in [2.45, 2.75) is 32.2 Å². The second-order valence-electron chi connectivity index (χ2n) is 6.33. The van der Waals surface area contributed by atoms with Crippen molar-refractivity contribution < 1.29 is 14.5 Å². The molecule has 0 spiro atoms. The highest BCUT2D eigenvalue weighted by atomic mass is 16.6. The van der Waals surface area contributed by atoms with E-state index in [0.29, 0.717) is 26.3 Å². The molecule has 1 aromatic carbocycles. The average molecular weight is 333 g/mol. The molecule has 1 unspecified atom stereocenters. The number of ether oxygens (including phenoxy) is 1. The van der Waals surface area contributed by atoms with Crippen LogP contribution < -0.4 is 4.90 Å². The number of non-ortho nitro benzene ring substituents is 1. The largest absolute Gasteiger partial charge is 0.378 e. The molecule has 3 rings (SSSR count). The third kappa shape index (κ3) is 3.42. The van der Waals surface area contributed by atoms with Crippen LogP contribution in [-0.4, -0.2) is 54.6 Å². The number of nitro benzene ring substituents is 1. The molecule has 2 aliphatic heterocycles. The average Bonchev–Trinajstić information content (AvgIpc) is 2.61. The van der Waals surface area contributed by atoms with Gasteiger partial charge in [-0.15, -0.1) is 0 Å². The van der Waals surface area contributed by atoms with Crippen molar-refractivity contribution in [1.29, 1.82) is 0 Å². The summed E-state index contributed by atoms with van der Waals surface area (Å²) < 4.78 is 5.49. The lowest BCUT2D eigenvalue weighted by atomic mass is 10.0. The monoisotopic (exact) mass is 333 g/mol. The Morgan fingerprint density at radius 3 is 3.00 bits per heavy atom. The molecule has 0 aliphatic carbocycles. The molecule has 0 N–H and O–H groups in total. The fraction of sp³-hybridized carbons (Fsp3) is 0.588. The van der Waals surface area contributed by atoms with Crippen molar-refractivity contribution in [2.24, 2.45) is 0 Å². The summed E-state index contributed by atoms with van der Waals surface area (Å²) in [5.74, 6) is 0.0603. The third-order valence-electron chi connectivity index (χ3n) is 4.85. The molecule has 1 atom stereocenters. The van der Waals surface area contributed by atoms with Crippen molar-refractivity contribution in [1.82, 2.24) is 4.90 Å². The van der Waals surface area contributed by atoms with Gasteiger partial charge in [-0.3, -0.25) is 19.8 Å². The maximum Gasteiger partial charge on any atom is 0.269 e. The Morgan fingerprint density at radius 2 is 2.25 bits per heavy atom. The number of hydrogen-bond donors (Lipinski definition) is 0. The van der Waals surface area contributed by atoms with Gasteiger partial charge >= 0.3 is 0 Å². The van der Waals surface area contributed by atoms with E-state index in [1.807, 2.05) is 0 Å². The van der Waals surface area contributed by atoms with Crippen LogP contribution >= 0.6 is 0 Å². The van der Waals surface area contributed by atoms with Crippen molar-refractivity contribution in [2.75, 3.05) is 37.7 Å². The van der Waals surface area contributed by atoms with Crippen LogP contribution in [0.25, 0.3) is 0 Å². The van der Waals surface area contributed by atoms with Crippen LogP contribution in [0.3, 0.4) is 0 Å². The molecule has 7 heteroatoms. The lowest BCUT2D eigenvalue weighted by molar-refractivity contribution is -0.384. The Morgan fingerprint density at radius 1 is 1.42 bits per heavy atom. The fourth-order valence-electron chi connectivity index (χ4n) is 3.49. The van der Waals surface area contributed by atoms with Gasteiger partial charge in [0.25, 0.3) is 5.69 Å². The topological polar surface area (TPSA) is 75.9 Å². The summed E-state index contributed by atoms with van der Waals surface area (Å²) >= 11 is 0. The number of carbonyl (C=O) groups is 1. The molecular formula is C17H23N3O4. The van der Waals surface area contributed by atoms with E-state index in [0.717, 1.165) is 37.1 Å². The van der Waals surface area contributed by atoms with Crippen LogP contribution in [0.1, 0.15) is 25.3 Å². The maximum atomic E-state index is 12.8. The minimum absolute atomic E-state index is 0.0603. The molecule has 0 saturated carbocycles. The number of carbonyl (C=O) groups excluding carboxylic acids is 1. The van der Waals surface area contributed by atoms with E-state index in [-0.39, 0.29) is 22.6 Å². The summed E-state index contributed by atoms with van der Waals surface area (Å²) in [4.78, 5) is 27.3. The van der Waals surface area contributed by atoms with Gasteiger partial charge < -0.3 is 9.64 Å². The minimum atomic E-state index is -0.388. The van der Waals surface area contributed by atoms with E-state index in [2.05, 4.69) is 11.8 Å². The first-order valence-corrected chi connectivity index (χ1v) is 8.49. The summed E-state index contributed by atoms with van der Waals surface area (Å²) in [6, 6.07) is 5.07. The highest BCUT2D eigenvalue weighted by Crippen LogP contribution is 2.30. The molecule has 130 valence electrons. The van der Waals surface area contributed by atoms with Crippen LogP contribution in [0, 0.1) is 10.1 Å². The van der Waals surface area contributed by atoms with Crippen molar-refractivity contribution >= 4 is 17.3 Å². The van der Waals surface area contributed by atoms with Gasteiger partial charge in [-0.25, -0.2) is 0 Å². The van der Waals surface area contributed by atoms with Gasteiger partial charge in [-0.05, 0) is 30.9 Å². The summed E-state index contributed by atoms with van der Waals surface area (Å²) in [5, 5.41) is 10.9. The van der Waals surface area contributed by atoms with E-state index in [1.165, 1.54) is 6.07 Å². The smallest absolute Gasteiger partial charge is 0.269 e. The predicted octanol–water partition coefficient (Wildman–Crippen LogP) is 1.98. The SMILES string of the molecule is CCC1COCCN1CC(=O)N1CCCc2cc([N+](=O)[O-])ccc21. The first-order valence-electron chi connectivity index (χ1n) is 8.49. The normalized spacial score (nSPS) is 21.4. The standard InChI is InChI=1S/C17H23N3O4/c1-2-14-12-24-9-8-18(14)11-17(21)19-7-3-4-13-10-15(20(22)23)5-6-16(13)19/h5-6,10,14H,2-4,7-9,11-12H2,1H3. The van der Waals surface area contributed by atoms with Gasteiger partial charge in [-0.1, -0.05) is 6.92 Å². The van der Waals surface area contributed by atoms with E-state index in [9.17, 15) is 14.9 Å². The summed E-state index contributed by atoms with van der Waals surface area (Å²) in [7, 11) is 0. The number of nitro groups is 1.